The molecule has 3 aromatic carbocycles. The van der Waals surface area contributed by atoms with Gasteiger partial charge in [0.2, 0.25) is 0 Å². The first-order chi connectivity index (χ1) is 20.7. The molecular weight excluding hydrogens is 599 g/mol. The molecule has 10 nitrogen and oxygen atoms in total. The van der Waals surface area contributed by atoms with Gasteiger partial charge in [0.15, 0.2) is 0 Å². The second-order valence-corrected chi connectivity index (χ2v) is 9.27. The Labute approximate surface area is 247 Å². The number of alkyl halides is 5. The Kier molecular flexibility index (Phi) is 11.3. The second-order valence-electron chi connectivity index (χ2n) is 9.27. The van der Waals surface area contributed by atoms with E-state index in [0.29, 0.717) is 5.56 Å². The number of hydrogen-bond donors (Lipinski definition) is 0. The largest absolute Gasteiger partial charge is 0.494 e. The van der Waals surface area contributed by atoms with Crippen LogP contribution in [0.5, 0.6) is 11.5 Å². The first-order valence-corrected chi connectivity index (χ1v) is 12.9. The van der Waals surface area contributed by atoms with Crippen LogP contribution in [-0.2, 0) is 22.4 Å². The summed E-state index contributed by atoms with van der Waals surface area (Å²) in [5.74, 6) is -0.723. The van der Waals surface area contributed by atoms with Gasteiger partial charge >= 0.3 is 18.3 Å². The fraction of sp³-hybridized carbons (Fsp3) is 0.276. The zero-order valence-corrected chi connectivity index (χ0v) is 22.8. The zero-order chi connectivity index (χ0) is 32.3. The van der Waals surface area contributed by atoms with Crippen LogP contribution in [0.1, 0.15) is 29.5 Å². The highest BCUT2D eigenvalue weighted by Crippen LogP contribution is 2.28. The number of nitrogens with zero attached hydrogens (tertiary/aromatic N) is 2. The lowest BCUT2D eigenvalue weighted by Gasteiger charge is -2.18. The van der Waals surface area contributed by atoms with Crippen LogP contribution in [0.4, 0.5) is 33.3 Å². The van der Waals surface area contributed by atoms with E-state index >= 15 is 0 Å². The standard InChI is InChI=1S/C29H25F5N2O8/c30-28(31,32)15-1-16-42-24-9-11-25(12-10-24)44-29(33,34)19-21-4-2-20(3-5-21)6-13-27(37)43-17-14-22-7-8-23(35(38)39)18-26(22)36(40)41/h2-13,18H,1,14-17,19H2/b13-6+. The number of ether oxygens (including phenoxy) is 3. The number of halogens is 5. The maximum atomic E-state index is 14.5. The number of nitro groups is 2. The van der Waals surface area contributed by atoms with E-state index in [1.807, 2.05) is 0 Å². The van der Waals surface area contributed by atoms with Crippen molar-refractivity contribution in [2.45, 2.75) is 38.0 Å². The first-order valence-electron chi connectivity index (χ1n) is 12.9. The second kappa shape index (κ2) is 14.9. The third kappa shape index (κ3) is 11.3. The van der Waals surface area contributed by atoms with Crippen LogP contribution in [0.3, 0.4) is 0 Å². The molecule has 0 atom stereocenters. The molecule has 0 radical (unpaired) electrons. The molecule has 0 amide bonds. The third-order valence-electron chi connectivity index (χ3n) is 5.86. The summed E-state index contributed by atoms with van der Waals surface area (Å²) in [6.07, 6.45) is -7.47. The Bertz CT molecular complexity index is 1480. The highest BCUT2D eigenvalue weighted by Gasteiger charge is 2.32. The summed E-state index contributed by atoms with van der Waals surface area (Å²) in [5, 5.41) is 22.0. The molecule has 0 aliphatic heterocycles. The Morgan fingerprint density at radius 3 is 2.11 bits per heavy atom. The monoisotopic (exact) mass is 624 g/mol. The average molecular weight is 625 g/mol. The molecule has 44 heavy (non-hydrogen) atoms. The fourth-order valence-corrected chi connectivity index (χ4v) is 3.78. The molecule has 0 saturated carbocycles. The summed E-state index contributed by atoms with van der Waals surface area (Å²) in [5.41, 5.74) is -0.0383. The van der Waals surface area contributed by atoms with Crippen molar-refractivity contribution in [1.29, 1.82) is 0 Å². The van der Waals surface area contributed by atoms with Gasteiger partial charge in [-0.15, -0.1) is 0 Å². The lowest BCUT2D eigenvalue weighted by Crippen LogP contribution is -2.27. The minimum Gasteiger partial charge on any atom is -0.494 e. The summed E-state index contributed by atoms with van der Waals surface area (Å²) >= 11 is 0. The molecule has 0 aliphatic carbocycles. The van der Waals surface area contributed by atoms with Crippen LogP contribution >= 0.6 is 0 Å². The lowest BCUT2D eigenvalue weighted by molar-refractivity contribution is -0.394. The fourth-order valence-electron chi connectivity index (χ4n) is 3.78. The summed E-state index contributed by atoms with van der Waals surface area (Å²) in [7, 11) is 0. The molecule has 0 bridgehead atoms. The average Bonchev–Trinajstić information content (AvgIpc) is 2.95. The van der Waals surface area contributed by atoms with E-state index in [-0.39, 0.29) is 48.7 Å². The van der Waals surface area contributed by atoms with Crippen LogP contribution < -0.4 is 9.47 Å². The van der Waals surface area contributed by atoms with Crippen molar-refractivity contribution in [3.05, 3.63) is 110 Å². The van der Waals surface area contributed by atoms with E-state index in [2.05, 4.69) is 0 Å². The van der Waals surface area contributed by atoms with Gasteiger partial charge in [0.05, 0.1) is 35.5 Å². The van der Waals surface area contributed by atoms with Crippen LogP contribution in [-0.4, -0.2) is 41.3 Å². The molecule has 0 aliphatic rings. The molecule has 0 unspecified atom stereocenters. The van der Waals surface area contributed by atoms with Crippen LogP contribution in [0.2, 0.25) is 0 Å². The van der Waals surface area contributed by atoms with Crippen molar-refractivity contribution in [2.24, 2.45) is 0 Å². The van der Waals surface area contributed by atoms with Gasteiger partial charge in [-0.05, 0) is 54.0 Å². The number of carbonyl (C=O) groups is 1. The van der Waals surface area contributed by atoms with Gasteiger partial charge in [-0.3, -0.25) is 20.2 Å². The van der Waals surface area contributed by atoms with E-state index in [1.165, 1.54) is 60.7 Å². The molecular formula is C29H25F5N2O8. The zero-order valence-electron chi connectivity index (χ0n) is 22.8. The van der Waals surface area contributed by atoms with Crippen molar-refractivity contribution in [1.82, 2.24) is 0 Å². The Balaban J connectivity index is 1.45. The number of rotatable bonds is 15. The van der Waals surface area contributed by atoms with Crippen molar-refractivity contribution in [3.63, 3.8) is 0 Å². The molecule has 15 heteroatoms. The topological polar surface area (TPSA) is 131 Å². The Morgan fingerprint density at radius 2 is 1.50 bits per heavy atom. The number of hydrogen-bond acceptors (Lipinski definition) is 8. The molecule has 3 aromatic rings. The van der Waals surface area contributed by atoms with Gasteiger partial charge in [0.25, 0.3) is 11.4 Å². The van der Waals surface area contributed by atoms with Gasteiger partial charge in [-0.2, -0.15) is 22.0 Å². The molecule has 0 fully saturated rings. The maximum Gasteiger partial charge on any atom is 0.401 e. The van der Waals surface area contributed by atoms with Gasteiger partial charge < -0.3 is 14.2 Å². The molecule has 0 aromatic heterocycles. The van der Waals surface area contributed by atoms with Crippen LogP contribution in [0.25, 0.3) is 6.08 Å². The maximum absolute atomic E-state index is 14.5. The van der Waals surface area contributed by atoms with E-state index in [0.717, 1.165) is 18.2 Å². The predicted molar refractivity (Wildman–Crippen MR) is 146 cm³/mol. The van der Waals surface area contributed by atoms with E-state index in [1.54, 1.807) is 0 Å². The van der Waals surface area contributed by atoms with Gasteiger partial charge in [0.1, 0.15) is 11.5 Å². The highest BCUT2D eigenvalue weighted by atomic mass is 19.4. The molecule has 0 spiro atoms. The number of carbonyl (C=O) groups excluding carboxylic acids is 1. The number of non-ortho nitro benzene ring substituents is 1. The number of esters is 1. The van der Waals surface area contributed by atoms with Crippen LogP contribution in [0, 0.1) is 20.2 Å². The quantitative estimate of drug-likeness (QED) is 0.0432. The molecule has 0 saturated heterocycles. The Hall–Kier alpha value is -5.08. The molecule has 0 heterocycles. The summed E-state index contributed by atoms with van der Waals surface area (Å²) in [6, 6.07) is 14.0. The Morgan fingerprint density at radius 1 is 0.841 bits per heavy atom. The summed E-state index contributed by atoms with van der Waals surface area (Å²) in [4.78, 5) is 32.5. The van der Waals surface area contributed by atoms with E-state index in [9.17, 15) is 47.0 Å². The van der Waals surface area contributed by atoms with Crippen LogP contribution in [0.15, 0.2) is 72.8 Å². The van der Waals surface area contributed by atoms with Gasteiger partial charge in [-0.1, -0.05) is 24.3 Å². The minimum absolute atomic E-state index is 0.0534. The SMILES string of the molecule is O=C(/C=C/c1ccc(CC(F)(F)Oc2ccc(OCCCC(F)(F)F)cc2)cc1)OCCc1ccc([N+](=O)[O-])cc1[N+](=O)[O-]. The number of nitro benzene ring substituents is 2. The summed E-state index contributed by atoms with van der Waals surface area (Å²) in [6.45, 7) is -0.410. The highest BCUT2D eigenvalue weighted by molar-refractivity contribution is 5.87. The third-order valence-corrected chi connectivity index (χ3v) is 5.86. The molecule has 234 valence electrons. The normalized spacial score (nSPS) is 11.8. The molecule has 0 N–H and O–H groups in total. The smallest absolute Gasteiger partial charge is 0.401 e. The van der Waals surface area contributed by atoms with Gasteiger partial charge in [-0.25, -0.2) is 4.79 Å². The van der Waals surface area contributed by atoms with Crippen molar-refractivity contribution >= 4 is 23.4 Å². The van der Waals surface area contributed by atoms with Gasteiger partial charge in [0, 0.05) is 30.5 Å². The van der Waals surface area contributed by atoms with Crippen molar-refractivity contribution in [2.75, 3.05) is 13.2 Å². The van der Waals surface area contributed by atoms with Crippen molar-refractivity contribution < 1.29 is 50.8 Å². The first kappa shape index (κ1) is 33.4. The summed E-state index contributed by atoms with van der Waals surface area (Å²) < 4.78 is 80.4. The van der Waals surface area contributed by atoms with E-state index < -0.39 is 52.3 Å². The number of benzene rings is 3. The molecule has 3 rings (SSSR count). The predicted octanol–water partition coefficient (Wildman–Crippen LogP) is 7.24. The lowest BCUT2D eigenvalue weighted by atomic mass is 10.1. The van der Waals surface area contributed by atoms with E-state index in [4.69, 9.17) is 14.2 Å². The minimum atomic E-state index is -4.28. The van der Waals surface area contributed by atoms with Crippen molar-refractivity contribution in [3.8, 4) is 11.5 Å².